The lowest BCUT2D eigenvalue weighted by Gasteiger charge is -2.11. The molecule has 0 saturated heterocycles. The molecule has 0 heterocycles. The van der Waals surface area contributed by atoms with Gasteiger partial charge in [0.2, 0.25) is 0 Å². The number of esters is 1. The van der Waals surface area contributed by atoms with E-state index in [1.54, 1.807) is 13.8 Å². The van der Waals surface area contributed by atoms with Gasteiger partial charge >= 0.3 is 12.1 Å². The van der Waals surface area contributed by atoms with Gasteiger partial charge in [-0.2, -0.15) is 0 Å². The van der Waals surface area contributed by atoms with E-state index in [0.717, 1.165) is 0 Å². The van der Waals surface area contributed by atoms with E-state index in [1.165, 1.54) is 6.92 Å². The molecule has 0 aliphatic carbocycles. The second-order valence-electron chi connectivity index (χ2n) is 2.34. The molecule has 5 nitrogen and oxygen atoms in total. The van der Waals surface area contributed by atoms with Gasteiger partial charge < -0.3 is 14.8 Å². The lowest BCUT2D eigenvalue weighted by molar-refractivity contribution is -0.145. The van der Waals surface area contributed by atoms with E-state index in [1.807, 2.05) is 13.8 Å². The van der Waals surface area contributed by atoms with Gasteiger partial charge in [-0.25, -0.2) is 9.59 Å². The lowest BCUT2D eigenvalue weighted by atomic mass is 10.3. The van der Waals surface area contributed by atoms with Gasteiger partial charge in [0.25, 0.3) is 0 Å². The van der Waals surface area contributed by atoms with E-state index in [9.17, 15) is 9.59 Å². The highest BCUT2D eigenvalue weighted by molar-refractivity contribution is 5.80. The molecule has 90 valence electrons. The molecule has 1 N–H and O–H groups in total. The predicted octanol–water partition coefficient (Wildman–Crippen LogP) is 1.71. The van der Waals surface area contributed by atoms with Crippen LogP contribution in [0.15, 0.2) is 0 Å². The van der Waals surface area contributed by atoms with Crippen molar-refractivity contribution in [1.29, 1.82) is 0 Å². The monoisotopic (exact) mass is 219 g/mol. The SMILES string of the molecule is CC.CCOC(=O)NC(C)C(=O)OCC. The van der Waals surface area contributed by atoms with Gasteiger partial charge in [-0.1, -0.05) is 13.8 Å². The van der Waals surface area contributed by atoms with Crippen LogP contribution in [0.1, 0.15) is 34.6 Å². The van der Waals surface area contributed by atoms with Gasteiger partial charge in [0.1, 0.15) is 6.04 Å². The minimum absolute atomic E-state index is 0.279. The summed E-state index contributed by atoms with van der Waals surface area (Å²) in [4.78, 5) is 21.8. The molecule has 0 fully saturated rings. The van der Waals surface area contributed by atoms with Crippen LogP contribution in [0.2, 0.25) is 0 Å². The molecule has 0 aromatic rings. The van der Waals surface area contributed by atoms with Gasteiger partial charge in [0.05, 0.1) is 13.2 Å². The van der Waals surface area contributed by atoms with Crippen molar-refractivity contribution in [2.45, 2.75) is 40.7 Å². The molecule has 1 amide bonds. The van der Waals surface area contributed by atoms with E-state index >= 15 is 0 Å². The zero-order valence-corrected chi connectivity index (χ0v) is 10.1. The Morgan fingerprint density at radius 1 is 1.13 bits per heavy atom. The van der Waals surface area contributed by atoms with Crippen molar-refractivity contribution in [3.8, 4) is 0 Å². The number of carbonyl (C=O) groups is 2. The molecule has 0 saturated carbocycles. The molecule has 0 spiro atoms. The highest BCUT2D eigenvalue weighted by Crippen LogP contribution is 1.89. The summed E-state index contributed by atoms with van der Waals surface area (Å²) in [5, 5.41) is 2.33. The van der Waals surface area contributed by atoms with Crippen molar-refractivity contribution in [3.05, 3.63) is 0 Å². The molecule has 0 rings (SSSR count). The van der Waals surface area contributed by atoms with E-state index in [-0.39, 0.29) is 6.61 Å². The number of rotatable bonds is 4. The van der Waals surface area contributed by atoms with Gasteiger partial charge in [-0.3, -0.25) is 0 Å². The summed E-state index contributed by atoms with van der Waals surface area (Å²) in [5.41, 5.74) is 0. The summed E-state index contributed by atoms with van der Waals surface area (Å²) in [6.45, 7) is 9.51. The first kappa shape index (κ1) is 16.2. The van der Waals surface area contributed by atoms with Crippen molar-refractivity contribution in [3.63, 3.8) is 0 Å². The van der Waals surface area contributed by atoms with E-state index in [4.69, 9.17) is 0 Å². The molecular weight excluding hydrogens is 198 g/mol. The summed E-state index contributed by atoms with van der Waals surface area (Å²) in [6.07, 6.45) is -0.608. The second kappa shape index (κ2) is 10.8. The van der Waals surface area contributed by atoms with Crippen molar-refractivity contribution >= 4 is 12.1 Å². The Kier molecular flexibility index (Phi) is 11.7. The Morgan fingerprint density at radius 2 is 1.60 bits per heavy atom. The average Bonchev–Trinajstić information content (AvgIpc) is 2.21. The Bertz CT molecular complexity index is 182. The Morgan fingerprint density at radius 3 is 2.00 bits per heavy atom. The van der Waals surface area contributed by atoms with Gasteiger partial charge in [-0.05, 0) is 20.8 Å². The molecule has 5 heteroatoms. The zero-order valence-electron chi connectivity index (χ0n) is 10.1. The van der Waals surface area contributed by atoms with Crippen molar-refractivity contribution in [2.75, 3.05) is 13.2 Å². The number of hydrogen-bond donors (Lipinski definition) is 1. The fourth-order valence-electron chi connectivity index (χ4n) is 0.676. The third-order valence-corrected chi connectivity index (χ3v) is 1.25. The summed E-state index contributed by atoms with van der Waals surface area (Å²) in [7, 11) is 0. The van der Waals surface area contributed by atoms with E-state index in [2.05, 4.69) is 14.8 Å². The molecular formula is C10H21NO4. The molecule has 0 radical (unpaired) electrons. The molecule has 1 atom stereocenters. The number of nitrogens with one attached hydrogen (secondary N) is 1. The van der Waals surface area contributed by atoms with E-state index < -0.39 is 18.1 Å². The number of ether oxygens (including phenoxy) is 2. The first-order valence-corrected chi connectivity index (χ1v) is 5.21. The minimum atomic E-state index is -0.668. The largest absolute Gasteiger partial charge is 0.464 e. The topological polar surface area (TPSA) is 64.6 Å². The molecule has 15 heavy (non-hydrogen) atoms. The van der Waals surface area contributed by atoms with Crippen LogP contribution in [-0.2, 0) is 14.3 Å². The predicted molar refractivity (Wildman–Crippen MR) is 57.6 cm³/mol. The molecule has 0 aromatic carbocycles. The number of carbonyl (C=O) groups excluding carboxylic acids is 2. The fourth-order valence-corrected chi connectivity index (χ4v) is 0.676. The highest BCUT2D eigenvalue weighted by atomic mass is 16.6. The quantitative estimate of drug-likeness (QED) is 0.731. The van der Waals surface area contributed by atoms with Crippen molar-refractivity contribution in [1.82, 2.24) is 5.32 Å². The zero-order chi connectivity index (χ0) is 12.3. The van der Waals surface area contributed by atoms with Gasteiger partial charge in [0, 0.05) is 0 Å². The summed E-state index contributed by atoms with van der Waals surface area (Å²) in [5.74, 6) is -0.462. The minimum Gasteiger partial charge on any atom is -0.464 e. The maximum atomic E-state index is 11.0. The van der Waals surface area contributed by atoms with Crippen molar-refractivity contribution in [2.24, 2.45) is 0 Å². The van der Waals surface area contributed by atoms with Gasteiger partial charge in [-0.15, -0.1) is 0 Å². The van der Waals surface area contributed by atoms with Crippen LogP contribution >= 0.6 is 0 Å². The van der Waals surface area contributed by atoms with Crippen LogP contribution in [0.25, 0.3) is 0 Å². The first-order chi connectivity index (χ1) is 7.11. The van der Waals surface area contributed by atoms with Crippen LogP contribution in [0.3, 0.4) is 0 Å². The molecule has 0 aliphatic heterocycles. The maximum absolute atomic E-state index is 11.0. The van der Waals surface area contributed by atoms with Crippen LogP contribution < -0.4 is 5.32 Å². The fraction of sp³-hybridized carbons (Fsp3) is 0.800. The average molecular weight is 219 g/mol. The second-order valence-corrected chi connectivity index (χ2v) is 2.34. The van der Waals surface area contributed by atoms with Crippen LogP contribution in [0.4, 0.5) is 4.79 Å². The Balaban J connectivity index is 0. The molecule has 0 bridgehead atoms. The third-order valence-electron chi connectivity index (χ3n) is 1.25. The Labute approximate surface area is 91.1 Å². The maximum Gasteiger partial charge on any atom is 0.407 e. The standard InChI is InChI=1S/C8H15NO4.C2H6/c1-4-12-7(10)6(3)9-8(11)13-5-2;1-2/h6H,4-5H2,1-3H3,(H,9,11);1-2H3. The number of alkyl carbamates (subject to hydrolysis) is 1. The normalized spacial score (nSPS) is 10.5. The summed E-state index contributed by atoms with van der Waals surface area (Å²) in [6, 6.07) is -0.668. The first-order valence-electron chi connectivity index (χ1n) is 5.21. The Hall–Kier alpha value is -1.26. The number of amides is 1. The highest BCUT2D eigenvalue weighted by Gasteiger charge is 2.16. The number of hydrogen-bond acceptors (Lipinski definition) is 4. The van der Waals surface area contributed by atoms with Crippen LogP contribution in [0, 0.1) is 0 Å². The molecule has 1 unspecified atom stereocenters. The summed E-state index contributed by atoms with van der Waals surface area (Å²) < 4.78 is 9.26. The van der Waals surface area contributed by atoms with E-state index in [0.29, 0.717) is 6.61 Å². The van der Waals surface area contributed by atoms with Crippen molar-refractivity contribution < 1.29 is 19.1 Å². The van der Waals surface area contributed by atoms with Crippen LogP contribution in [0.5, 0.6) is 0 Å². The van der Waals surface area contributed by atoms with Gasteiger partial charge in [0.15, 0.2) is 0 Å². The smallest absolute Gasteiger partial charge is 0.407 e. The molecule has 0 aliphatic rings. The summed E-state index contributed by atoms with van der Waals surface area (Å²) >= 11 is 0. The third kappa shape index (κ3) is 9.05. The molecule has 0 aromatic heterocycles. The lowest BCUT2D eigenvalue weighted by Crippen LogP contribution is -2.39. The van der Waals surface area contributed by atoms with Crippen LogP contribution in [-0.4, -0.2) is 31.3 Å².